The van der Waals surface area contributed by atoms with Crippen LogP contribution in [-0.2, 0) is 19.4 Å². The van der Waals surface area contributed by atoms with Gasteiger partial charge in [0.15, 0.2) is 11.6 Å². The number of anilines is 1. The number of alkyl halides is 3. The molecule has 47 heavy (non-hydrogen) atoms. The van der Waals surface area contributed by atoms with E-state index < -0.39 is 73.9 Å². The molecule has 2 saturated carbocycles. The Morgan fingerprint density at radius 1 is 1.04 bits per heavy atom. The molecule has 258 valence electrons. The molecule has 0 saturated heterocycles. The van der Waals surface area contributed by atoms with Crippen molar-refractivity contribution >= 4 is 33.3 Å². The number of halogens is 4. The van der Waals surface area contributed by atoms with Crippen LogP contribution in [0.1, 0.15) is 62.2 Å². The summed E-state index contributed by atoms with van der Waals surface area (Å²) in [4.78, 5) is 37.6. The lowest BCUT2D eigenvalue weighted by Gasteiger charge is -2.36. The summed E-state index contributed by atoms with van der Waals surface area (Å²) in [5.41, 5.74) is -7.10. The van der Waals surface area contributed by atoms with Crippen LogP contribution in [0.25, 0.3) is 0 Å². The molecule has 11 nitrogen and oxygen atoms in total. The van der Waals surface area contributed by atoms with Crippen molar-refractivity contribution in [3.63, 3.8) is 0 Å². The van der Waals surface area contributed by atoms with Gasteiger partial charge >= 0.3 is 11.5 Å². The van der Waals surface area contributed by atoms with Gasteiger partial charge in [0.2, 0.25) is 5.91 Å². The minimum Gasteiger partial charge on any atom is -0.496 e. The SMILES string of the molecule is COc1cc(F)c(OC2CCC(CO)(C(=O)O)CC2)cc1C(=O)N[C@H]1[C@@H](C(=O)Nc2cccc(S(=O)(=O)C(F)(F)F)c2)CCC[C@@H]1C. The molecule has 0 spiro atoms. The molecule has 3 atom stereocenters. The fourth-order valence-corrected chi connectivity index (χ4v) is 6.95. The topological polar surface area (TPSA) is 168 Å². The van der Waals surface area contributed by atoms with Crippen LogP contribution in [-0.4, -0.2) is 67.8 Å². The quantitative estimate of drug-likeness (QED) is 0.259. The Bertz CT molecular complexity index is 1610. The summed E-state index contributed by atoms with van der Waals surface area (Å²) in [7, 11) is -4.41. The summed E-state index contributed by atoms with van der Waals surface area (Å²) in [5, 5.41) is 24.4. The smallest absolute Gasteiger partial charge is 0.496 e. The first-order valence-corrected chi connectivity index (χ1v) is 16.4. The van der Waals surface area contributed by atoms with Crippen molar-refractivity contribution in [1.29, 1.82) is 0 Å². The average molecular weight is 689 g/mol. The van der Waals surface area contributed by atoms with Gasteiger partial charge in [-0.05, 0) is 68.7 Å². The van der Waals surface area contributed by atoms with E-state index in [1.54, 1.807) is 0 Å². The summed E-state index contributed by atoms with van der Waals surface area (Å²) >= 11 is 0. The van der Waals surface area contributed by atoms with Gasteiger partial charge in [-0.1, -0.05) is 19.4 Å². The summed E-state index contributed by atoms with van der Waals surface area (Å²) in [6.45, 7) is 1.27. The fourth-order valence-electron chi connectivity index (χ4n) is 6.14. The standard InChI is InChI=1S/C31H36F4N2O9S/c1-17-5-3-8-21(27(39)36-18-6-4-7-20(13-18)47(43,44)31(33,34)35)26(17)37-28(40)22-14-25(23(32)15-24(22)45-2)46-19-9-11-30(16-38,12-10-19)29(41)42/h4,6-7,13-15,17,19,21,26,38H,3,5,8-12,16H2,1-2H3,(H,36,39)(H,37,40)(H,41,42)/t17-,19?,21-,26+,30?/m0/s1. The van der Waals surface area contributed by atoms with Crippen molar-refractivity contribution in [2.24, 2.45) is 17.3 Å². The van der Waals surface area contributed by atoms with Gasteiger partial charge in [-0.2, -0.15) is 13.2 Å². The molecule has 0 aliphatic heterocycles. The zero-order chi connectivity index (χ0) is 34.7. The largest absolute Gasteiger partial charge is 0.501 e. The Morgan fingerprint density at radius 3 is 2.32 bits per heavy atom. The van der Waals surface area contributed by atoms with E-state index in [2.05, 4.69) is 10.6 Å². The number of rotatable bonds is 10. The number of carboxylic acid groups (broad SMARTS) is 1. The Hall–Kier alpha value is -3.92. The van der Waals surface area contributed by atoms with E-state index in [1.807, 2.05) is 6.92 Å². The lowest BCUT2D eigenvalue weighted by Crippen LogP contribution is -2.50. The number of carbonyl (C=O) groups excluding carboxylic acids is 2. The first-order chi connectivity index (χ1) is 22.0. The number of sulfone groups is 1. The highest BCUT2D eigenvalue weighted by molar-refractivity contribution is 7.92. The summed E-state index contributed by atoms with van der Waals surface area (Å²) in [6, 6.07) is 5.16. The van der Waals surface area contributed by atoms with Crippen molar-refractivity contribution in [2.45, 2.75) is 74.4 Å². The van der Waals surface area contributed by atoms with Crippen LogP contribution in [0.2, 0.25) is 0 Å². The number of carbonyl (C=O) groups is 3. The number of benzene rings is 2. The Morgan fingerprint density at radius 2 is 1.72 bits per heavy atom. The van der Waals surface area contributed by atoms with Crippen LogP contribution >= 0.6 is 0 Å². The third-order valence-electron chi connectivity index (χ3n) is 9.01. The minimum absolute atomic E-state index is 0.100. The third kappa shape index (κ3) is 7.64. The number of carboxylic acids is 1. The maximum Gasteiger partial charge on any atom is 0.501 e. The van der Waals surface area contributed by atoms with E-state index in [9.17, 15) is 46.2 Å². The van der Waals surface area contributed by atoms with Gasteiger partial charge in [0.05, 0.1) is 41.6 Å². The number of hydrogen-bond donors (Lipinski definition) is 4. The second-order valence-electron chi connectivity index (χ2n) is 12.0. The molecule has 0 radical (unpaired) electrons. The van der Waals surface area contributed by atoms with E-state index >= 15 is 4.39 Å². The number of aliphatic hydroxyl groups is 1. The maximum absolute atomic E-state index is 15.0. The number of nitrogens with one attached hydrogen (secondary N) is 2. The van der Waals surface area contributed by atoms with Gasteiger partial charge in [-0.3, -0.25) is 14.4 Å². The molecule has 0 unspecified atom stereocenters. The Labute approximate surface area is 268 Å². The molecule has 2 aliphatic rings. The van der Waals surface area contributed by atoms with Gasteiger partial charge in [0, 0.05) is 17.8 Å². The predicted molar refractivity (Wildman–Crippen MR) is 159 cm³/mol. The van der Waals surface area contributed by atoms with E-state index in [4.69, 9.17) is 9.47 Å². The maximum atomic E-state index is 15.0. The summed E-state index contributed by atoms with van der Waals surface area (Å²) in [6.07, 6.45) is 1.64. The molecular formula is C31H36F4N2O9S. The number of hydrogen-bond acceptors (Lipinski definition) is 8. The van der Waals surface area contributed by atoms with Crippen LogP contribution in [0, 0.1) is 23.1 Å². The average Bonchev–Trinajstić information content (AvgIpc) is 3.02. The summed E-state index contributed by atoms with van der Waals surface area (Å²) in [5.74, 6) is -4.78. The minimum atomic E-state index is -5.65. The third-order valence-corrected chi connectivity index (χ3v) is 10.5. The van der Waals surface area contributed by atoms with Crippen LogP contribution in [0.3, 0.4) is 0 Å². The first-order valence-electron chi connectivity index (χ1n) is 14.9. The van der Waals surface area contributed by atoms with Crippen LogP contribution in [0.5, 0.6) is 11.5 Å². The molecule has 2 aliphatic carbocycles. The lowest BCUT2D eigenvalue weighted by molar-refractivity contribution is -0.155. The van der Waals surface area contributed by atoms with Crippen molar-refractivity contribution < 1.29 is 60.0 Å². The second kappa shape index (κ2) is 14.1. The Kier molecular flexibility index (Phi) is 10.7. The van der Waals surface area contributed by atoms with Gasteiger partial charge in [-0.25, -0.2) is 12.8 Å². The Balaban J connectivity index is 1.52. The zero-order valence-corrected chi connectivity index (χ0v) is 26.4. The molecule has 2 aromatic rings. The number of amides is 2. The van der Waals surface area contributed by atoms with E-state index in [0.29, 0.717) is 25.3 Å². The molecule has 2 amide bonds. The molecular weight excluding hydrogens is 652 g/mol. The molecule has 0 bridgehead atoms. The predicted octanol–water partition coefficient (Wildman–Crippen LogP) is 4.69. The van der Waals surface area contributed by atoms with E-state index in [1.165, 1.54) is 13.2 Å². The van der Waals surface area contributed by atoms with Crippen LogP contribution in [0.4, 0.5) is 23.2 Å². The second-order valence-corrected chi connectivity index (χ2v) is 14.0. The molecule has 0 aromatic heterocycles. The molecule has 0 heterocycles. The molecule has 4 N–H and O–H groups in total. The highest BCUT2D eigenvalue weighted by Crippen LogP contribution is 2.39. The molecule has 2 aromatic carbocycles. The van der Waals surface area contributed by atoms with Crippen LogP contribution in [0.15, 0.2) is 41.3 Å². The first kappa shape index (κ1) is 35.9. The summed E-state index contributed by atoms with van der Waals surface area (Å²) < 4.78 is 89.0. The van der Waals surface area contributed by atoms with E-state index in [0.717, 1.165) is 24.3 Å². The molecule has 2 fully saturated rings. The molecule has 4 rings (SSSR count). The number of aliphatic carboxylic acids is 1. The zero-order valence-electron chi connectivity index (χ0n) is 25.6. The fraction of sp³-hybridized carbons (Fsp3) is 0.516. The lowest BCUT2D eigenvalue weighted by atomic mass is 9.74. The van der Waals surface area contributed by atoms with Gasteiger partial charge in [0.25, 0.3) is 15.7 Å². The van der Waals surface area contributed by atoms with Crippen LogP contribution < -0.4 is 20.1 Å². The van der Waals surface area contributed by atoms with E-state index in [-0.39, 0.29) is 54.4 Å². The van der Waals surface area contributed by atoms with Crippen molar-refractivity contribution in [3.8, 4) is 11.5 Å². The normalized spacial score (nSPS) is 25.0. The van der Waals surface area contributed by atoms with Crippen molar-refractivity contribution in [3.05, 3.63) is 47.8 Å². The highest BCUT2D eigenvalue weighted by Gasteiger charge is 2.47. The molecule has 16 heteroatoms. The van der Waals surface area contributed by atoms with Gasteiger partial charge < -0.3 is 30.3 Å². The monoisotopic (exact) mass is 688 g/mol. The number of methoxy groups -OCH3 is 1. The number of aliphatic hydroxyl groups excluding tert-OH is 1. The van der Waals surface area contributed by atoms with Crippen molar-refractivity contribution in [1.82, 2.24) is 5.32 Å². The van der Waals surface area contributed by atoms with Gasteiger partial charge in [0.1, 0.15) is 5.75 Å². The van der Waals surface area contributed by atoms with Gasteiger partial charge in [-0.15, -0.1) is 0 Å². The van der Waals surface area contributed by atoms with Crippen molar-refractivity contribution in [2.75, 3.05) is 19.0 Å². The highest BCUT2D eigenvalue weighted by atomic mass is 32.2. The number of ether oxygens (including phenoxy) is 2.